The van der Waals surface area contributed by atoms with Crippen molar-refractivity contribution in [2.24, 2.45) is 0 Å². The van der Waals surface area contributed by atoms with Gasteiger partial charge < -0.3 is 28.9 Å². The van der Waals surface area contributed by atoms with E-state index in [9.17, 15) is 0 Å². The zero-order valence-electron chi connectivity index (χ0n) is 29.9. The molecule has 252 valence electrons. The van der Waals surface area contributed by atoms with E-state index in [4.69, 9.17) is 14.2 Å². The maximum absolute atomic E-state index is 5.51. The summed E-state index contributed by atoms with van der Waals surface area (Å²) in [5.74, 6) is 0. The molecule has 0 radical (unpaired) electrons. The lowest BCUT2D eigenvalue weighted by molar-refractivity contribution is -0.0602. The molecule has 6 atom stereocenters. The van der Waals surface area contributed by atoms with E-state index in [2.05, 4.69) is 101 Å². The first-order chi connectivity index (χ1) is 19.9. The van der Waals surface area contributed by atoms with Crippen molar-refractivity contribution >= 4 is 0 Å². The van der Waals surface area contributed by atoms with Crippen LogP contribution in [0, 0.1) is 0 Å². The van der Waals surface area contributed by atoms with Crippen LogP contribution in [0.25, 0.3) is 0 Å². The maximum Gasteiger partial charge on any atom is 0.0678 e. The first-order valence-electron chi connectivity index (χ1n) is 17.2. The molecular formula is C34H73N5O3. The summed E-state index contributed by atoms with van der Waals surface area (Å²) in [6.45, 7) is 23.7. The fourth-order valence-corrected chi connectivity index (χ4v) is 5.96. The normalized spacial score (nSPS) is 33.8. The lowest BCUT2D eigenvalue weighted by Gasteiger charge is -2.32. The Morgan fingerprint density at radius 1 is 0.548 bits per heavy atom. The van der Waals surface area contributed by atoms with Gasteiger partial charge in [-0.2, -0.15) is 0 Å². The highest BCUT2D eigenvalue weighted by Crippen LogP contribution is 2.16. The van der Waals surface area contributed by atoms with E-state index in [0.29, 0.717) is 24.3 Å². The zero-order chi connectivity index (χ0) is 31.5. The van der Waals surface area contributed by atoms with E-state index in [1.807, 2.05) is 0 Å². The minimum atomic E-state index is 0.416. The quantitative estimate of drug-likeness (QED) is 0.427. The van der Waals surface area contributed by atoms with E-state index in [0.717, 1.165) is 64.7 Å². The summed E-state index contributed by atoms with van der Waals surface area (Å²) in [7, 11) is 10.9. The molecule has 0 aromatic heterocycles. The van der Waals surface area contributed by atoms with Crippen LogP contribution in [0.15, 0.2) is 0 Å². The monoisotopic (exact) mass is 600 g/mol. The van der Waals surface area contributed by atoms with Crippen molar-refractivity contribution in [2.45, 2.75) is 123 Å². The third-order valence-corrected chi connectivity index (χ3v) is 9.53. The van der Waals surface area contributed by atoms with Gasteiger partial charge in [0.05, 0.1) is 38.6 Å². The molecule has 0 bridgehead atoms. The summed E-state index contributed by atoms with van der Waals surface area (Å²) in [4.78, 5) is 11.8. The lowest BCUT2D eigenvalue weighted by atomic mass is 10.0. The molecule has 0 amide bonds. The molecule has 2 unspecified atom stereocenters. The molecular weight excluding hydrogens is 526 g/mol. The van der Waals surface area contributed by atoms with Gasteiger partial charge in [-0.3, -0.25) is 9.80 Å². The van der Waals surface area contributed by atoms with Crippen LogP contribution in [-0.2, 0) is 14.2 Å². The van der Waals surface area contributed by atoms with E-state index < -0.39 is 0 Å². The van der Waals surface area contributed by atoms with Crippen LogP contribution in [0.5, 0.6) is 0 Å². The fraction of sp³-hybridized carbons (Fsp3) is 1.00. The molecule has 42 heavy (non-hydrogen) atoms. The summed E-state index contributed by atoms with van der Waals surface area (Å²) >= 11 is 0. The third-order valence-electron chi connectivity index (χ3n) is 9.53. The molecule has 5 aliphatic rings. The highest BCUT2D eigenvalue weighted by molar-refractivity contribution is 4.72. The maximum atomic E-state index is 5.51. The average molecular weight is 600 g/mol. The Kier molecular flexibility index (Phi) is 21.8. The molecule has 0 spiro atoms. The SMILES string of the molecule is CC1CCCCN1C.CCC1CCCCN1C.C[C@@H]1CN(C)C[C@H](C)O1.C[C@@H]1COCCN1C.C[C@H]1COCCN1C. The van der Waals surface area contributed by atoms with Gasteiger partial charge in [0, 0.05) is 50.3 Å². The Balaban J connectivity index is 0.000000263. The Hall–Kier alpha value is -0.320. The summed E-state index contributed by atoms with van der Waals surface area (Å²) in [5.41, 5.74) is 0. The summed E-state index contributed by atoms with van der Waals surface area (Å²) in [6.07, 6.45) is 10.7. The Morgan fingerprint density at radius 2 is 1.00 bits per heavy atom. The molecule has 0 aliphatic carbocycles. The smallest absolute Gasteiger partial charge is 0.0678 e. The Morgan fingerprint density at radius 3 is 1.29 bits per heavy atom. The van der Waals surface area contributed by atoms with Crippen LogP contribution < -0.4 is 0 Å². The first kappa shape index (κ1) is 39.7. The second kappa shape index (κ2) is 23.1. The minimum absolute atomic E-state index is 0.416. The van der Waals surface area contributed by atoms with Crippen LogP contribution in [0.4, 0.5) is 0 Å². The van der Waals surface area contributed by atoms with Crippen molar-refractivity contribution < 1.29 is 14.2 Å². The largest absolute Gasteiger partial charge is 0.379 e. The van der Waals surface area contributed by atoms with Crippen molar-refractivity contribution in [3.8, 4) is 0 Å². The van der Waals surface area contributed by atoms with Crippen LogP contribution in [0.3, 0.4) is 0 Å². The van der Waals surface area contributed by atoms with Gasteiger partial charge in [-0.05, 0) is 115 Å². The van der Waals surface area contributed by atoms with Crippen molar-refractivity contribution in [1.29, 1.82) is 0 Å². The summed E-state index contributed by atoms with van der Waals surface area (Å²) in [6, 6.07) is 2.95. The standard InChI is InChI=1S/C8H17N.C7H15NO.C7H15N.2C6H13NO/c1-3-8-6-4-5-7-9(8)2;1-6-4-8(3)5-7(2)9-6;1-7-5-3-4-6-8(7)2;2*1-6-5-8-4-3-7(6)2/h8H,3-7H2,1-2H3;6-7H,4-5H2,1-3H3;7H,3-6H2,1-2H3;2*6H,3-5H2,1-2H3/t;6-,7+;;2*6-/m...10/s1. The van der Waals surface area contributed by atoms with Gasteiger partial charge in [-0.1, -0.05) is 19.8 Å². The molecule has 5 heterocycles. The summed E-state index contributed by atoms with van der Waals surface area (Å²) in [5, 5.41) is 0. The molecule has 8 heteroatoms. The number of likely N-dealkylation sites (tertiary alicyclic amines) is 2. The van der Waals surface area contributed by atoms with Crippen molar-refractivity contribution in [3.63, 3.8) is 0 Å². The Bertz CT molecular complexity index is 542. The van der Waals surface area contributed by atoms with E-state index in [1.165, 1.54) is 58.0 Å². The molecule has 0 saturated carbocycles. The van der Waals surface area contributed by atoms with Gasteiger partial charge in [0.25, 0.3) is 0 Å². The zero-order valence-corrected chi connectivity index (χ0v) is 29.9. The number of likely N-dealkylation sites (N-methyl/N-ethyl adjacent to an activating group) is 3. The van der Waals surface area contributed by atoms with Crippen molar-refractivity contribution in [1.82, 2.24) is 24.5 Å². The molecule has 5 aliphatic heterocycles. The van der Waals surface area contributed by atoms with Gasteiger partial charge in [0.15, 0.2) is 0 Å². The van der Waals surface area contributed by atoms with Gasteiger partial charge >= 0.3 is 0 Å². The Labute approximate surface area is 262 Å². The topological polar surface area (TPSA) is 43.9 Å². The molecule has 0 N–H and O–H groups in total. The van der Waals surface area contributed by atoms with E-state index in [1.54, 1.807) is 0 Å². The summed E-state index contributed by atoms with van der Waals surface area (Å²) < 4.78 is 15.9. The second-order valence-corrected chi connectivity index (χ2v) is 13.7. The number of nitrogens with zero attached hydrogens (tertiary/aromatic N) is 5. The second-order valence-electron chi connectivity index (χ2n) is 13.7. The van der Waals surface area contributed by atoms with E-state index in [-0.39, 0.29) is 0 Å². The van der Waals surface area contributed by atoms with Gasteiger partial charge in [-0.15, -0.1) is 0 Å². The van der Waals surface area contributed by atoms with Crippen molar-refractivity contribution in [2.75, 3.05) is 101 Å². The average Bonchev–Trinajstić information content (AvgIpc) is 2.95. The predicted octanol–water partition coefficient (Wildman–Crippen LogP) is 4.77. The van der Waals surface area contributed by atoms with Crippen LogP contribution in [0.2, 0.25) is 0 Å². The van der Waals surface area contributed by atoms with Crippen LogP contribution in [-0.4, -0.2) is 162 Å². The predicted molar refractivity (Wildman–Crippen MR) is 180 cm³/mol. The molecule has 0 aromatic carbocycles. The number of morpholine rings is 3. The minimum Gasteiger partial charge on any atom is -0.379 e. The number of rotatable bonds is 1. The highest BCUT2D eigenvalue weighted by Gasteiger charge is 2.19. The first-order valence-corrected chi connectivity index (χ1v) is 17.2. The van der Waals surface area contributed by atoms with Gasteiger partial charge in [-0.25, -0.2) is 0 Å². The number of hydrogen-bond donors (Lipinski definition) is 0. The van der Waals surface area contributed by atoms with Crippen molar-refractivity contribution in [3.05, 3.63) is 0 Å². The number of piperidine rings is 2. The number of ether oxygens (including phenoxy) is 3. The van der Waals surface area contributed by atoms with Gasteiger partial charge in [0.1, 0.15) is 0 Å². The fourth-order valence-electron chi connectivity index (χ4n) is 5.96. The molecule has 0 aromatic rings. The third kappa shape index (κ3) is 17.8. The van der Waals surface area contributed by atoms with E-state index >= 15 is 0 Å². The lowest BCUT2D eigenvalue weighted by Crippen LogP contribution is -2.42. The van der Waals surface area contributed by atoms with Crippen LogP contribution in [0.1, 0.15) is 86.5 Å². The van der Waals surface area contributed by atoms with Gasteiger partial charge in [0.2, 0.25) is 0 Å². The van der Waals surface area contributed by atoms with Crippen LogP contribution >= 0.6 is 0 Å². The molecule has 5 rings (SSSR count). The molecule has 8 nitrogen and oxygen atoms in total. The molecule has 5 saturated heterocycles. The number of hydrogen-bond acceptors (Lipinski definition) is 8. The molecule has 5 fully saturated rings. The highest BCUT2D eigenvalue weighted by atomic mass is 16.5.